The number of carbonyl (C=O) groups excluding carboxylic acids is 1. The molecule has 1 fully saturated rings. The highest BCUT2D eigenvalue weighted by Crippen LogP contribution is 2.13. The Morgan fingerprint density at radius 2 is 2.09 bits per heavy atom. The van der Waals surface area contributed by atoms with Gasteiger partial charge in [-0.1, -0.05) is 6.07 Å². The van der Waals surface area contributed by atoms with Gasteiger partial charge in [-0.15, -0.1) is 5.10 Å². The van der Waals surface area contributed by atoms with Gasteiger partial charge in [-0.05, 0) is 11.6 Å². The van der Waals surface area contributed by atoms with Gasteiger partial charge in [0.2, 0.25) is 11.9 Å². The molecule has 23 heavy (non-hydrogen) atoms. The molecule has 2 aromatic rings. The van der Waals surface area contributed by atoms with Crippen molar-refractivity contribution in [3.8, 4) is 0 Å². The fourth-order valence-corrected chi connectivity index (χ4v) is 2.43. The zero-order valence-corrected chi connectivity index (χ0v) is 13.0. The summed E-state index contributed by atoms with van der Waals surface area (Å²) in [6.07, 6.45) is 5.16. The number of nitrogens with zero attached hydrogens (tertiary/aromatic N) is 6. The van der Waals surface area contributed by atoms with E-state index >= 15 is 0 Å². The van der Waals surface area contributed by atoms with E-state index in [4.69, 9.17) is 0 Å². The van der Waals surface area contributed by atoms with E-state index in [1.807, 2.05) is 28.1 Å². The van der Waals surface area contributed by atoms with Crippen molar-refractivity contribution < 1.29 is 4.79 Å². The molecular weight excluding hydrogens is 294 g/mol. The number of anilines is 2. The highest BCUT2D eigenvalue weighted by molar-refractivity contribution is 5.73. The number of piperazine rings is 1. The molecule has 1 N–H and O–H groups in total. The van der Waals surface area contributed by atoms with Gasteiger partial charge in [0.25, 0.3) is 0 Å². The molecule has 8 heteroatoms. The molecule has 1 saturated heterocycles. The van der Waals surface area contributed by atoms with Crippen LogP contribution in [0.25, 0.3) is 0 Å². The topological polar surface area (TPSA) is 87.1 Å². The van der Waals surface area contributed by atoms with Gasteiger partial charge in [-0.2, -0.15) is 10.1 Å². The van der Waals surface area contributed by atoms with Crippen molar-refractivity contribution in [2.75, 3.05) is 36.4 Å². The number of hydrogen-bond donors (Lipinski definition) is 1. The van der Waals surface area contributed by atoms with Crippen molar-refractivity contribution in [2.24, 2.45) is 0 Å². The van der Waals surface area contributed by atoms with Crippen molar-refractivity contribution in [3.05, 3.63) is 36.3 Å². The van der Waals surface area contributed by atoms with Crippen LogP contribution in [0.4, 0.5) is 11.8 Å². The zero-order chi connectivity index (χ0) is 16.1. The Kier molecular flexibility index (Phi) is 4.60. The molecule has 3 rings (SSSR count). The van der Waals surface area contributed by atoms with Crippen LogP contribution in [0.2, 0.25) is 0 Å². The Morgan fingerprint density at radius 3 is 2.78 bits per heavy atom. The van der Waals surface area contributed by atoms with E-state index in [1.54, 1.807) is 19.3 Å². The van der Waals surface area contributed by atoms with E-state index in [0.717, 1.165) is 5.56 Å². The average Bonchev–Trinajstić information content (AvgIpc) is 2.61. The van der Waals surface area contributed by atoms with Crippen LogP contribution in [-0.4, -0.2) is 57.2 Å². The number of aromatic nitrogens is 4. The van der Waals surface area contributed by atoms with Gasteiger partial charge in [-0.25, -0.2) is 0 Å². The van der Waals surface area contributed by atoms with Gasteiger partial charge < -0.3 is 15.1 Å². The van der Waals surface area contributed by atoms with Crippen LogP contribution in [0.3, 0.4) is 0 Å². The molecule has 8 nitrogen and oxygen atoms in total. The smallest absolute Gasteiger partial charge is 0.247 e. The first-order valence-corrected chi connectivity index (χ1v) is 7.55. The number of nitrogens with one attached hydrogen (secondary N) is 1. The van der Waals surface area contributed by atoms with Crippen LogP contribution in [0.1, 0.15) is 12.5 Å². The Balaban J connectivity index is 1.60. The first kappa shape index (κ1) is 15.1. The van der Waals surface area contributed by atoms with E-state index in [2.05, 4.69) is 25.5 Å². The lowest BCUT2D eigenvalue weighted by molar-refractivity contribution is -0.129. The Bertz CT molecular complexity index is 656. The SMILES string of the molecule is CC(=O)N1CCN(c2nncc(NCc3cccnc3)n2)CC1. The maximum absolute atomic E-state index is 11.4. The third-order valence-electron chi connectivity index (χ3n) is 3.75. The lowest BCUT2D eigenvalue weighted by Gasteiger charge is -2.33. The second kappa shape index (κ2) is 6.99. The number of rotatable bonds is 4. The van der Waals surface area contributed by atoms with E-state index < -0.39 is 0 Å². The average molecular weight is 313 g/mol. The molecule has 1 aliphatic heterocycles. The van der Waals surface area contributed by atoms with Crippen LogP contribution in [-0.2, 0) is 11.3 Å². The summed E-state index contributed by atoms with van der Waals surface area (Å²) in [5, 5.41) is 11.3. The quantitative estimate of drug-likeness (QED) is 0.882. The molecule has 0 spiro atoms. The summed E-state index contributed by atoms with van der Waals surface area (Å²) < 4.78 is 0. The normalized spacial score (nSPS) is 14.7. The van der Waals surface area contributed by atoms with Crippen LogP contribution < -0.4 is 10.2 Å². The lowest BCUT2D eigenvalue weighted by Crippen LogP contribution is -2.48. The number of hydrogen-bond acceptors (Lipinski definition) is 7. The maximum atomic E-state index is 11.4. The maximum Gasteiger partial charge on any atom is 0.247 e. The molecule has 0 aromatic carbocycles. The molecule has 0 unspecified atom stereocenters. The van der Waals surface area contributed by atoms with Crippen LogP contribution in [0, 0.1) is 0 Å². The minimum atomic E-state index is 0.107. The molecule has 2 aromatic heterocycles. The fourth-order valence-electron chi connectivity index (χ4n) is 2.43. The zero-order valence-electron chi connectivity index (χ0n) is 13.0. The van der Waals surface area contributed by atoms with E-state index in [0.29, 0.717) is 44.5 Å². The summed E-state index contributed by atoms with van der Waals surface area (Å²) in [4.78, 5) is 23.8. The van der Waals surface area contributed by atoms with Crippen molar-refractivity contribution in [1.29, 1.82) is 0 Å². The molecule has 0 atom stereocenters. The number of pyridine rings is 1. The molecule has 0 radical (unpaired) electrons. The summed E-state index contributed by atoms with van der Waals surface area (Å²) in [6.45, 7) is 5.03. The lowest BCUT2D eigenvalue weighted by atomic mass is 10.3. The second-order valence-electron chi connectivity index (χ2n) is 5.35. The van der Waals surface area contributed by atoms with Crippen molar-refractivity contribution >= 4 is 17.7 Å². The molecule has 0 bridgehead atoms. The number of amides is 1. The molecule has 120 valence electrons. The third-order valence-corrected chi connectivity index (χ3v) is 3.75. The van der Waals surface area contributed by atoms with Crippen LogP contribution >= 0.6 is 0 Å². The molecular formula is C15H19N7O. The van der Waals surface area contributed by atoms with Gasteiger partial charge >= 0.3 is 0 Å². The standard InChI is InChI=1S/C15H19N7O/c1-12(23)21-5-7-22(8-6-21)15-19-14(11-18-20-15)17-10-13-3-2-4-16-9-13/h2-4,9,11H,5-8,10H2,1H3,(H,17,19,20). The van der Waals surface area contributed by atoms with E-state index in [1.165, 1.54) is 0 Å². The minimum absolute atomic E-state index is 0.107. The van der Waals surface area contributed by atoms with Gasteiger partial charge in [0.1, 0.15) is 0 Å². The third kappa shape index (κ3) is 3.91. The highest BCUT2D eigenvalue weighted by atomic mass is 16.2. The van der Waals surface area contributed by atoms with Gasteiger partial charge in [0.05, 0.1) is 6.20 Å². The largest absolute Gasteiger partial charge is 0.364 e. The van der Waals surface area contributed by atoms with Gasteiger partial charge in [0, 0.05) is 52.0 Å². The predicted molar refractivity (Wildman–Crippen MR) is 85.9 cm³/mol. The van der Waals surface area contributed by atoms with Gasteiger partial charge in [0.15, 0.2) is 5.82 Å². The Hall–Kier alpha value is -2.77. The highest BCUT2D eigenvalue weighted by Gasteiger charge is 2.20. The van der Waals surface area contributed by atoms with E-state index in [-0.39, 0.29) is 5.91 Å². The molecule has 1 aliphatic rings. The monoisotopic (exact) mass is 313 g/mol. The summed E-state index contributed by atoms with van der Waals surface area (Å²) >= 11 is 0. The van der Waals surface area contributed by atoms with Crippen molar-refractivity contribution in [2.45, 2.75) is 13.5 Å². The molecule has 0 saturated carbocycles. The van der Waals surface area contributed by atoms with Gasteiger partial charge in [-0.3, -0.25) is 9.78 Å². The first-order valence-electron chi connectivity index (χ1n) is 7.55. The summed E-state index contributed by atoms with van der Waals surface area (Å²) in [6, 6.07) is 3.89. The Labute approximate surface area is 134 Å². The van der Waals surface area contributed by atoms with Crippen LogP contribution in [0.15, 0.2) is 30.7 Å². The molecule has 1 amide bonds. The summed E-state index contributed by atoms with van der Waals surface area (Å²) in [5.74, 6) is 1.37. The minimum Gasteiger partial charge on any atom is -0.364 e. The molecule has 3 heterocycles. The summed E-state index contributed by atoms with van der Waals surface area (Å²) in [7, 11) is 0. The van der Waals surface area contributed by atoms with E-state index in [9.17, 15) is 4.79 Å². The fraction of sp³-hybridized carbons (Fsp3) is 0.400. The number of carbonyl (C=O) groups is 1. The predicted octanol–water partition coefficient (Wildman–Crippen LogP) is 0.547. The van der Waals surface area contributed by atoms with Crippen LogP contribution in [0.5, 0.6) is 0 Å². The van der Waals surface area contributed by atoms with Crippen molar-refractivity contribution in [3.63, 3.8) is 0 Å². The Morgan fingerprint density at radius 1 is 1.26 bits per heavy atom. The summed E-state index contributed by atoms with van der Waals surface area (Å²) in [5.41, 5.74) is 1.07. The molecule has 0 aliphatic carbocycles. The second-order valence-corrected chi connectivity index (χ2v) is 5.35. The van der Waals surface area contributed by atoms with Crippen molar-refractivity contribution in [1.82, 2.24) is 25.1 Å². The first-order chi connectivity index (χ1) is 11.2.